The summed E-state index contributed by atoms with van der Waals surface area (Å²) in [5, 5.41) is 3.35. The van der Waals surface area contributed by atoms with E-state index in [2.05, 4.69) is 5.32 Å². The van der Waals surface area contributed by atoms with Crippen LogP contribution in [0.1, 0.15) is 11.1 Å². The zero-order valence-electron chi connectivity index (χ0n) is 15.9. The van der Waals surface area contributed by atoms with Crippen LogP contribution in [0.3, 0.4) is 0 Å². The summed E-state index contributed by atoms with van der Waals surface area (Å²) in [7, 11) is 0. The van der Waals surface area contributed by atoms with Crippen LogP contribution in [-0.4, -0.2) is 18.2 Å². The summed E-state index contributed by atoms with van der Waals surface area (Å²) in [6.45, 7) is 0.0321. The van der Waals surface area contributed by atoms with Crippen molar-refractivity contribution in [3.63, 3.8) is 0 Å². The lowest BCUT2D eigenvalue weighted by molar-refractivity contribution is -0.166. The number of halogens is 2. The Labute approximate surface area is 184 Å². The third kappa shape index (κ3) is 6.24. The summed E-state index contributed by atoms with van der Waals surface area (Å²) in [5.41, 5.74) is 1.83. The predicted molar refractivity (Wildman–Crippen MR) is 116 cm³/mol. The molecule has 1 unspecified atom stereocenters. The molecule has 0 amide bonds. The molecule has 0 fully saturated rings. The van der Waals surface area contributed by atoms with Gasteiger partial charge in [0.2, 0.25) is 0 Å². The standard InChI is InChI=1S/C23H19Cl2NO4/c24-18-12-7-13-19(25)21(18)26-22(23(28)29-15-17-10-5-2-6-11-17)30-20(27)14-16-8-3-1-4-9-16/h1-13,22,26H,14-15H2. The fourth-order valence-electron chi connectivity index (χ4n) is 2.64. The molecule has 3 rings (SSSR count). The molecule has 0 bridgehead atoms. The van der Waals surface area contributed by atoms with Gasteiger partial charge in [0.1, 0.15) is 6.61 Å². The molecule has 7 heteroatoms. The zero-order valence-corrected chi connectivity index (χ0v) is 17.4. The van der Waals surface area contributed by atoms with Gasteiger partial charge in [-0.2, -0.15) is 0 Å². The van der Waals surface area contributed by atoms with Gasteiger partial charge < -0.3 is 14.8 Å². The first kappa shape index (κ1) is 21.7. The molecule has 3 aromatic rings. The smallest absolute Gasteiger partial charge is 0.369 e. The first-order valence-corrected chi connectivity index (χ1v) is 9.93. The summed E-state index contributed by atoms with van der Waals surface area (Å²) in [6, 6.07) is 23.1. The highest BCUT2D eigenvalue weighted by Gasteiger charge is 2.26. The lowest BCUT2D eigenvalue weighted by Gasteiger charge is -2.20. The Bertz CT molecular complexity index is 976. The number of carbonyl (C=O) groups excluding carboxylic acids is 2. The number of ether oxygens (including phenoxy) is 2. The topological polar surface area (TPSA) is 64.6 Å². The van der Waals surface area contributed by atoms with Crippen LogP contribution in [0.25, 0.3) is 0 Å². The Morgan fingerprint density at radius 1 is 0.800 bits per heavy atom. The predicted octanol–water partition coefficient (Wildman–Crippen LogP) is 5.26. The van der Waals surface area contributed by atoms with Crippen molar-refractivity contribution in [2.75, 3.05) is 5.32 Å². The maximum atomic E-state index is 12.7. The Kier molecular flexibility index (Phi) is 7.71. The van der Waals surface area contributed by atoms with E-state index >= 15 is 0 Å². The lowest BCUT2D eigenvalue weighted by Crippen LogP contribution is -2.36. The van der Waals surface area contributed by atoms with E-state index in [1.165, 1.54) is 0 Å². The van der Waals surface area contributed by atoms with E-state index in [4.69, 9.17) is 32.7 Å². The van der Waals surface area contributed by atoms with Crippen LogP contribution in [0.2, 0.25) is 10.0 Å². The molecule has 3 aromatic carbocycles. The van der Waals surface area contributed by atoms with Gasteiger partial charge >= 0.3 is 11.9 Å². The highest BCUT2D eigenvalue weighted by molar-refractivity contribution is 6.39. The molecule has 0 heterocycles. The van der Waals surface area contributed by atoms with Gasteiger partial charge in [0.05, 0.1) is 22.2 Å². The van der Waals surface area contributed by atoms with E-state index in [1.807, 2.05) is 48.5 Å². The largest absolute Gasteiger partial charge is 0.457 e. The van der Waals surface area contributed by atoms with Crippen molar-refractivity contribution >= 4 is 40.8 Å². The van der Waals surface area contributed by atoms with E-state index in [0.717, 1.165) is 11.1 Å². The number of carbonyl (C=O) groups is 2. The van der Waals surface area contributed by atoms with Gasteiger partial charge in [-0.25, -0.2) is 4.79 Å². The maximum Gasteiger partial charge on any atom is 0.369 e. The molecule has 1 N–H and O–H groups in total. The van der Waals surface area contributed by atoms with Crippen LogP contribution in [0.5, 0.6) is 0 Å². The van der Waals surface area contributed by atoms with Gasteiger partial charge in [-0.15, -0.1) is 0 Å². The van der Waals surface area contributed by atoms with Crippen molar-refractivity contribution in [2.24, 2.45) is 0 Å². The number of anilines is 1. The Morgan fingerprint density at radius 2 is 1.37 bits per heavy atom. The van der Waals surface area contributed by atoms with Crippen LogP contribution in [-0.2, 0) is 32.1 Å². The van der Waals surface area contributed by atoms with Crippen molar-refractivity contribution in [3.05, 3.63) is 100 Å². The van der Waals surface area contributed by atoms with Gasteiger partial charge in [0.25, 0.3) is 6.23 Å². The molecular formula is C23H19Cl2NO4. The zero-order chi connectivity index (χ0) is 21.3. The third-order valence-corrected chi connectivity index (χ3v) is 4.75. The summed E-state index contributed by atoms with van der Waals surface area (Å²) >= 11 is 12.4. The molecule has 30 heavy (non-hydrogen) atoms. The van der Waals surface area contributed by atoms with E-state index < -0.39 is 18.2 Å². The number of nitrogens with one attached hydrogen (secondary N) is 1. The number of hydrogen-bond donors (Lipinski definition) is 1. The van der Waals surface area contributed by atoms with Gasteiger partial charge in [-0.05, 0) is 23.3 Å². The van der Waals surface area contributed by atoms with Crippen LogP contribution < -0.4 is 5.32 Å². The van der Waals surface area contributed by atoms with E-state index in [1.54, 1.807) is 30.3 Å². The highest BCUT2D eigenvalue weighted by Crippen LogP contribution is 2.30. The molecule has 1 atom stereocenters. The second-order valence-corrected chi connectivity index (χ2v) is 7.18. The quantitative estimate of drug-likeness (QED) is 0.379. The van der Waals surface area contributed by atoms with Crippen molar-refractivity contribution in [1.29, 1.82) is 0 Å². The van der Waals surface area contributed by atoms with Crippen LogP contribution in [0.15, 0.2) is 78.9 Å². The summed E-state index contributed by atoms with van der Waals surface area (Å²) < 4.78 is 10.7. The van der Waals surface area contributed by atoms with Crippen molar-refractivity contribution in [1.82, 2.24) is 0 Å². The number of para-hydroxylation sites is 1. The van der Waals surface area contributed by atoms with Crippen molar-refractivity contribution in [2.45, 2.75) is 19.3 Å². The summed E-state index contributed by atoms with van der Waals surface area (Å²) in [5.74, 6) is -1.37. The molecule has 0 saturated heterocycles. The fourth-order valence-corrected chi connectivity index (χ4v) is 3.15. The molecule has 0 saturated carbocycles. The first-order chi connectivity index (χ1) is 14.5. The molecule has 0 spiro atoms. The number of hydrogen-bond acceptors (Lipinski definition) is 5. The Hall–Kier alpha value is -3.02. The SMILES string of the molecule is O=C(Cc1ccccc1)OC(Nc1c(Cl)cccc1Cl)C(=O)OCc1ccccc1. The maximum absolute atomic E-state index is 12.7. The minimum atomic E-state index is -1.41. The normalized spacial score (nSPS) is 11.4. The van der Waals surface area contributed by atoms with Crippen molar-refractivity contribution in [3.8, 4) is 0 Å². The van der Waals surface area contributed by atoms with E-state index in [-0.39, 0.29) is 28.8 Å². The monoisotopic (exact) mass is 443 g/mol. The van der Waals surface area contributed by atoms with Gasteiger partial charge in [0.15, 0.2) is 0 Å². The Balaban J connectivity index is 1.73. The summed E-state index contributed by atoms with van der Waals surface area (Å²) in [6.07, 6.45) is -1.41. The van der Waals surface area contributed by atoms with Crippen molar-refractivity contribution < 1.29 is 19.1 Å². The Morgan fingerprint density at radius 3 is 1.97 bits per heavy atom. The molecule has 154 valence electrons. The average molecular weight is 444 g/mol. The second kappa shape index (κ2) is 10.7. The summed E-state index contributed by atoms with van der Waals surface area (Å²) in [4.78, 5) is 25.1. The molecule has 0 aromatic heterocycles. The molecule has 0 aliphatic rings. The molecule has 0 radical (unpaired) electrons. The molecule has 0 aliphatic carbocycles. The van der Waals surface area contributed by atoms with E-state index in [0.29, 0.717) is 0 Å². The van der Waals surface area contributed by atoms with Crippen LogP contribution in [0.4, 0.5) is 5.69 Å². The number of benzene rings is 3. The lowest BCUT2D eigenvalue weighted by atomic mass is 10.2. The van der Waals surface area contributed by atoms with Crippen LogP contribution in [0, 0.1) is 0 Å². The van der Waals surface area contributed by atoms with E-state index in [9.17, 15) is 9.59 Å². The second-order valence-electron chi connectivity index (χ2n) is 6.37. The molecule has 0 aliphatic heterocycles. The fraction of sp³-hybridized carbons (Fsp3) is 0.130. The highest BCUT2D eigenvalue weighted by atomic mass is 35.5. The van der Waals surface area contributed by atoms with Crippen LogP contribution >= 0.6 is 23.2 Å². The third-order valence-electron chi connectivity index (χ3n) is 4.12. The molecule has 5 nitrogen and oxygen atoms in total. The average Bonchev–Trinajstić information content (AvgIpc) is 2.75. The van der Waals surface area contributed by atoms with Gasteiger partial charge in [-0.3, -0.25) is 4.79 Å². The minimum Gasteiger partial charge on any atom is -0.457 e. The number of esters is 2. The number of rotatable bonds is 8. The molecular weight excluding hydrogens is 425 g/mol. The first-order valence-electron chi connectivity index (χ1n) is 9.17. The minimum absolute atomic E-state index is 0.00123. The van der Waals surface area contributed by atoms with Gasteiger partial charge in [0, 0.05) is 0 Å². The van der Waals surface area contributed by atoms with Gasteiger partial charge in [-0.1, -0.05) is 89.9 Å².